The van der Waals surface area contributed by atoms with E-state index >= 15 is 0 Å². The van der Waals surface area contributed by atoms with E-state index in [4.69, 9.17) is 4.43 Å². The van der Waals surface area contributed by atoms with E-state index in [1.54, 1.807) is 0 Å². The molecule has 0 bridgehead atoms. The molecule has 13 heavy (non-hydrogen) atoms. The van der Waals surface area contributed by atoms with Crippen LogP contribution in [0.1, 0.15) is 12.5 Å². The molecule has 0 saturated heterocycles. The van der Waals surface area contributed by atoms with Gasteiger partial charge in [-0.05, 0) is 32.0 Å². The van der Waals surface area contributed by atoms with Crippen molar-refractivity contribution in [2.45, 2.75) is 32.5 Å². The van der Waals surface area contributed by atoms with Crippen molar-refractivity contribution in [1.82, 2.24) is 0 Å². The maximum atomic E-state index is 5.79. The number of hydrogen-bond donors (Lipinski definition) is 0. The number of benzene rings is 1. The van der Waals surface area contributed by atoms with E-state index in [9.17, 15) is 0 Å². The Labute approximate surface area is 82.5 Å². The van der Waals surface area contributed by atoms with E-state index in [2.05, 4.69) is 44.3 Å². The van der Waals surface area contributed by atoms with Crippen molar-refractivity contribution in [3.05, 3.63) is 35.9 Å². The molecule has 0 aromatic heterocycles. The highest BCUT2D eigenvalue weighted by Gasteiger charge is 2.05. The molecule has 0 aliphatic heterocycles. The predicted octanol–water partition coefficient (Wildman–Crippen LogP) is 2.62. The summed E-state index contributed by atoms with van der Waals surface area (Å²) in [5.41, 5.74) is 1.37. The van der Waals surface area contributed by atoms with E-state index in [-0.39, 0.29) is 0 Å². The highest BCUT2D eigenvalue weighted by Crippen LogP contribution is 2.06. The zero-order valence-electron chi connectivity index (χ0n) is 8.66. The highest BCUT2D eigenvalue weighted by molar-refractivity contribution is 6.48. The molecule has 2 heteroatoms. The molecule has 0 spiro atoms. The van der Waals surface area contributed by atoms with Gasteiger partial charge in [-0.3, -0.25) is 0 Å². The van der Waals surface area contributed by atoms with Gasteiger partial charge in [0.05, 0.1) is 0 Å². The van der Waals surface area contributed by atoms with Crippen LogP contribution in [0, 0.1) is 0 Å². The number of hydrogen-bond acceptors (Lipinski definition) is 1. The third kappa shape index (κ3) is 4.25. The fourth-order valence-electron chi connectivity index (χ4n) is 1.46. The van der Waals surface area contributed by atoms with E-state index < -0.39 is 9.04 Å². The molecule has 0 radical (unpaired) electrons. The molecule has 1 aromatic rings. The summed E-state index contributed by atoms with van der Waals surface area (Å²) in [7, 11) is -0.870. The average Bonchev–Trinajstić information content (AvgIpc) is 2.04. The molecule has 72 valence electrons. The molecule has 0 aliphatic rings. The molecular weight excluding hydrogens is 176 g/mol. The van der Waals surface area contributed by atoms with Gasteiger partial charge in [0.25, 0.3) is 0 Å². The molecule has 0 fully saturated rings. The van der Waals surface area contributed by atoms with Crippen LogP contribution in [-0.2, 0) is 10.8 Å². The summed E-state index contributed by atoms with van der Waals surface area (Å²) in [6.45, 7) is 6.57. The Hall–Kier alpha value is -0.603. The zero-order valence-corrected chi connectivity index (χ0v) is 9.81. The second-order valence-corrected chi connectivity index (χ2v) is 6.05. The molecular formula is C11H18OSi. The fraction of sp³-hybridized carbons (Fsp3) is 0.455. The zero-order chi connectivity index (χ0) is 9.68. The van der Waals surface area contributed by atoms with E-state index in [1.165, 1.54) is 5.56 Å². The molecule has 0 aliphatic carbocycles. The van der Waals surface area contributed by atoms with Crippen LogP contribution in [0.3, 0.4) is 0 Å². The number of rotatable bonds is 4. The summed E-state index contributed by atoms with van der Waals surface area (Å²) in [4.78, 5) is 0. The van der Waals surface area contributed by atoms with Gasteiger partial charge in [0.1, 0.15) is 0 Å². The van der Waals surface area contributed by atoms with Crippen molar-refractivity contribution in [2.24, 2.45) is 0 Å². The van der Waals surface area contributed by atoms with Crippen LogP contribution in [-0.4, -0.2) is 15.1 Å². The summed E-state index contributed by atoms with van der Waals surface area (Å²) < 4.78 is 5.79. The van der Waals surface area contributed by atoms with Gasteiger partial charge in [0.15, 0.2) is 9.04 Å². The molecule has 0 amide bonds. The summed E-state index contributed by atoms with van der Waals surface area (Å²) in [5.74, 6) is 0. The van der Waals surface area contributed by atoms with E-state index in [0.29, 0.717) is 6.10 Å². The second-order valence-electron chi connectivity index (χ2n) is 3.69. The smallest absolute Gasteiger partial charge is 0.171 e. The summed E-state index contributed by atoms with van der Waals surface area (Å²) in [6.07, 6.45) is 1.40. The van der Waals surface area contributed by atoms with Gasteiger partial charge < -0.3 is 4.43 Å². The summed E-state index contributed by atoms with van der Waals surface area (Å²) in [5, 5.41) is 0. The van der Waals surface area contributed by atoms with Crippen LogP contribution in [0.15, 0.2) is 30.3 Å². The van der Waals surface area contributed by atoms with Crippen molar-refractivity contribution >= 4 is 9.04 Å². The molecule has 1 unspecified atom stereocenters. The normalized spacial score (nSPS) is 13.2. The lowest BCUT2D eigenvalue weighted by atomic mass is 10.1. The van der Waals surface area contributed by atoms with Gasteiger partial charge in [0, 0.05) is 6.10 Å². The molecule has 1 nitrogen and oxygen atoms in total. The predicted molar refractivity (Wildman–Crippen MR) is 59.6 cm³/mol. The van der Waals surface area contributed by atoms with Crippen molar-refractivity contribution in [3.8, 4) is 0 Å². The first-order chi connectivity index (χ1) is 6.18. The van der Waals surface area contributed by atoms with E-state index in [1.807, 2.05) is 6.07 Å². The molecule has 1 aromatic carbocycles. The van der Waals surface area contributed by atoms with Crippen LogP contribution >= 0.6 is 0 Å². The summed E-state index contributed by atoms with van der Waals surface area (Å²) in [6, 6.07) is 10.5. The van der Waals surface area contributed by atoms with Crippen molar-refractivity contribution in [3.63, 3.8) is 0 Å². The average molecular weight is 194 g/mol. The minimum absolute atomic E-state index is 0.370. The van der Waals surface area contributed by atoms with Gasteiger partial charge in [-0.2, -0.15) is 0 Å². The lowest BCUT2D eigenvalue weighted by molar-refractivity contribution is 0.226. The minimum Gasteiger partial charge on any atom is -0.418 e. The first-order valence-electron chi connectivity index (χ1n) is 4.88. The Morgan fingerprint density at radius 3 is 2.38 bits per heavy atom. The Morgan fingerprint density at radius 2 is 1.85 bits per heavy atom. The van der Waals surface area contributed by atoms with Gasteiger partial charge in [-0.1, -0.05) is 30.3 Å². The van der Waals surface area contributed by atoms with Gasteiger partial charge in [-0.15, -0.1) is 0 Å². The lowest BCUT2D eigenvalue weighted by Crippen LogP contribution is -2.19. The third-order valence-corrected chi connectivity index (χ3v) is 2.88. The molecule has 0 heterocycles. The standard InChI is InChI=1S/C11H18OSi/c1-10(12-13(2)3)9-11-7-5-4-6-8-11/h4-8,10,13H,9H2,1-3H3. The Balaban J connectivity index is 2.41. The lowest BCUT2D eigenvalue weighted by Gasteiger charge is -2.15. The third-order valence-electron chi connectivity index (χ3n) is 1.87. The van der Waals surface area contributed by atoms with Crippen LogP contribution < -0.4 is 0 Å². The first kappa shape index (κ1) is 10.5. The van der Waals surface area contributed by atoms with E-state index in [0.717, 1.165) is 6.42 Å². The maximum Gasteiger partial charge on any atom is 0.171 e. The molecule has 0 saturated carbocycles. The van der Waals surface area contributed by atoms with Gasteiger partial charge >= 0.3 is 0 Å². The Kier molecular flexibility index (Phi) is 4.19. The molecule has 0 N–H and O–H groups in total. The largest absolute Gasteiger partial charge is 0.418 e. The summed E-state index contributed by atoms with van der Waals surface area (Å²) >= 11 is 0. The SMILES string of the molecule is CC(Cc1ccccc1)O[SiH](C)C. The topological polar surface area (TPSA) is 9.23 Å². The van der Waals surface area contributed by atoms with Crippen LogP contribution in [0.5, 0.6) is 0 Å². The quantitative estimate of drug-likeness (QED) is 0.670. The Bertz CT molecular complexity index is 233. The highest BCUT2D eigenvalue weighted by atomic mass is 28.3. The van der Waals surface area contributed by atoms with Crippen molar-refractivity contribution in [1.29, 1.82) is 0 Å². The van der Waals surface area contributed by atoms with Gasteiger partial charge in [0.2, 0.25) is 0 Å². The minimum atomic E-state index is -0.870. The molecule has 1 atom stereocenters. The Morgan fingerprint density at radius 1 is 1.23 bits per heavy atom. The fourth-order valence-corrected chi connectivity index (χ4v) is 2.48. The van der Waals surface area contributed by atoms with Crippen molar-refractivity contribution in [2.75, 3.05) is 0 Å². The monoisotopic (exact) mass is 194 g/mol. The van der Waals surface area contributed by atoms with Crippen LogP contribution in [0.25, 0.3) is 0 Å². The van der Waals surface area contributed by atoms with Gasteiger partial charge in [-0.25, -0.2) is 0 Å². The van der Waals surface area contributed by atoms with Crippen LogP contribution in [0.2, 0.25) is 13.1 Å². The molecule has 1 rings (SSSR count). The first-order valence-corrected chi connectivity index (χ1v) is 7.66. The van der Waals surface area contributed by atoms with Crippen molar-refractivity contribution < 1.29 is 4.43 Å². The van der Waals surface area contributed by atoms with Crippen LogP contribution in [0.4, 0.5) is 0 Å². The maximum absolute atomic E-state index is 5.79. The second kappa shape index (κ2) is 5.20.